The summed E-state index contributed by atoms with van der Waals surface area (Å²) in [4.78, 5) is 12.7. The quantitative estimate of drug-likeness (QED) is 0.392. The van der Waals surface area contributed by atoms with E-state index in [1.54, 1.807) is 24.3 Å². The summed E-state index contributed by atoms with van der Waals surface area (Å²) in [6.07, 6.45) is -0.347. The first kappa shape index (κ1) is 24.7. The molecule has 2 N–H and O–H groups in total. The molecule has 0 aliphatic heterocycles. The third-order valence-corrected chi connectivity index (χ3v) is 6.54. The number of carbonyl (C=O) groups excluding carboxylic acids is 1. The summed E-state index contributed by atoms with van der Waals surface area (Å²) in [5, 5.41) is 3.31. The Balaban J connectivity index is 1.69. The van der Waals surface area contributed by atoms with Gasteiger partial charge < -0.3 is 14.8 Å². The van der Waals surface area contributed by atoms with E-state index in [1.165, 1.54) is 49.6 Å². The largest absolute Gasteiger partial charge is 0.493 e. The van der Waals surface area contributed by atoms with Crippen molar-refractivity contribution in [3.8, 4) is 11.5 Å². The fraction of sp³-hybridized carbons (Fsp3) is 0.174. The van der Waals surface area contributed by atoms with E-state index in [9.17, 15) is 13.2 Å². The Hall–Kier alpha value is -2.94. The number of rotatable bonds is 9. The van der Waals surface area contributed by atoms with Gasteiger partial charge in [0.25, 0.3) is 15.9 Å². The number of nitrogens with one attached hydrogen (secondary N) is 2. The Labute approximate surface area is 202 Å². The Morgan fingerprint density at radius 1 is 1.00 bits per heavy atom. The minimum Gasteiger partial charge on any atom is -0.493 e. The first-order valence-electron chi connectivity index (χ1n) is 9.92. The average molecular weight is 509 g/mol. The van der Waals surface area contributed by atoms with Crippen LogP contribution < -0.4 is 19.5 Å². The molecule has 1 atom stereocenters. The van der Waals surface area contributed by atoms with E-state index in [0.29, 0.717) is 28.6 Å². The number of benzene rings is 3. The van der Waals surface area contributed by atoms with Crippen LogP contribution in [0.15, 0.2) is 71.6 Å². The maximum absolute atomic E-state index is 12.7. The van der Waals surface area contributed by atoms with Crippen LogP contribution in [0.3, 0.4) is 0 Å². The normalized spacial score (nSPS) is 12.0. The molecule has 0 saturated heterocycles. The number of hydrogen-bond donors (Lipinski definition) is 2. The molecule has 0 unspecified atom stereocenters. The molecule has 0 bridgehead atoms. The molecule has 33 heavy (non-hydrogen) atoms. The third kappa shape index (κ3) is 6.31. The molecule has 0 fully saturated rings. The molecule has 0 spiro atoms. The minimum absolute atomic E-state index is 0.00355. The van der Waals surface area contributed by atoms with Crippen molar-refractivity contribution >= 4 is 50.5 Å². The average Bonchev–Trinajstić information content (AvgIpc) is 2.79. The van der Waals surface area contributed by atoms with Crippen LogP contribution in [0.25, 0.3) is 0 Å². The first-order chi connectivity index (χ1) is 15.7. The van der Waals surface area contributed by atoms with Gasteiger partial charge in [-0.15, -0.1) is 0 Å². The van der Waals surface area contributed by atoms with Gasteiger partial charge in [0.1, 0.15) is 0 Å². The highest BCUT2D eigenvalue weighted by Crippen LogP contribution is 2.29. The van der Waals surface area contributed by atoms with Crippen LogP contribution in [0.5, 0.6) is 11.5 Å². The lowest BCUT2D eigenvalue weighted by Crippen LogP contribution is -2.32. The SMILES string of the molecule is CC[C@@H](Oc1ccccc1OC)C(=O)Nc1ccc(S(=O)(=O)Nc2ccc(Cl)cc2Cl)cc1. The van der Waals surface area contributed by atoms with Gasteiger partial charge in [-0.2, -0.15) is 0 Å². The summed E-state index contributed by atoms with van der Waals surface area (Å²) in [5.41, 5.74) is 0.628. The number of hydrogen-bond acceptors (Lipinski definition) is 5. The number of para-hydroxylation sites is 2. The highest BCUT2D eigenvalue weighted by Gasteiger charge is 2.21. The zero-order chi connectivity index (χ0) is 24.0. The first-order valence-corrected chi connectivity index (χ1v) is 12.2. The van der Waals surface area contributed by atoms with E-state index in [4.69, 9.17) is 32.7 Å². The maximum Gasteiger partial charge on any atom is 0.265 e. The Morgan fingerprint density at radius 3 is 2.27 bits per heavy atom. The van der Waals surface area contributed by atoms with Crippen molar-refractivity contribution < 1.29 is 22.7 Å². The van der Waals surface area contributed by atoms with Crippen molar-refractivity contribution in [2.24, 2.45) is 0 Å². The molecule has 1 amide bonds. The molecule has 0 heterocycles. The maximum atomic E-state index is 12.7. The molecule has 3 aromatic carbocycles. The van der Waals surface area contributed by atoms with Gasteiger partial charge in [-0.05, 0) is 61.0 Å². The van der Waals surface area contributed by atoms with Gasteiger partial charge in [0.15, 0.2) is 17.6 Å². The van der Waals surface area contributed by atoms with Crippen LogP contribution >= 0.6 is 23.2 Å². The van der Waals surface area contributed by atoms with E-state index >= 15 is 0 Å². The van der Waals surface area contributed by atoms with Gasteiger partial charge in [0, 0.05) is 10.7 Å². The molecule has 0 aliphatic carbocycles. The topological polar surface area (TPSA) is 93.7 Å². The molecule has 0 aromatic heterocycles. The Morgan fingerprint density at radius 2 is 1.67 bits per heavy atom. The van der Waals surface area contributed by atoms with E-state index < -0.39 is 16.1 Å². The summed E-state index contributed by atoms with van der Waals surface area (Å²) >= 11 is 11.9. The Kier molecular flexibility index (Phi) is 8.07. The van der Waals surface area contributed by atoms with Crippen molar-refractivity contribution in [1.29, 1.82) is 0 Å². The number of methoxy groups -OCH3 is 1. The van der Waals surface area contributed by atoms with Gasteiger partial charge in [-0.1, -0.05) is 42.3 Å². The molecule has 3 rings (SSSR count). The van der Waals surface area contributed by atoms with Crippen molar-refractivity contribution in [2.45, 2.75) is 24.3 Å². The van der Waals surface area contributed by atoms with E-state index in [1.807, 2.05) is 6.92 Å². The lowest BCUT2D eigenvalue weighted by molar-refractivity contribution is -0.122. The summed E-state index contributed by atoms with van der Waals surface area (Å²) in [6.45, 7) is 1.82. The minimum atomic E-state index is -3.89. The second-order valence-electron chi connectivity index (χ2n) is 6.91. The third-order valence-electron chi connectivity index (χ3n) is 4.61. The highest BCUT2D eigenvalue weighted by molar-refractivity contribution is 7.92. The van der Waals surface area contributed by atoms with Crippen LogP contribution in [0.2, 0.25) is 10.0 Å². The zero-order valence-electron chi connectivity index (χ0n) is 17.8. The van der Waals surface area contributed by atoms with E-state index in [0.717, 1.165) is 0 Å². The molecule has 174 valence electrons. The van der Waals surface area contributed by atoms with Crippen LogP contribution in [0, 0.1) is 0 Å². The fourth-order valence-corrected chi connectivity index (χ4v) is 4.50. The van der Waals surface area contributed by atoms with Gasteiger partial charge in [-0.3, -0.25) is 9.52 Å². The Bertz CT molecular complexity index is 1230. The molecular formula is C23H22Cl2N2O5S. The molecule has 10 heteroatoms. The molecular weight excluding hydrogens is 487 g/mol. The van der Waals surface area contributed by atoms with Gasteiger partial charge >= 0.3 is 0 Å². The number of ether oxygens (including phenoxy) is 2. The second kappa shape index (κ2) is 10.8. The summed E-state index contributed by atoms with van der Waals surface area (Å²) < 4.78 is 38.8. The predicted molar refractivity (Wildman–Crippen MR) is 130 cm³/mol. The molecule has 0 saturated carbocycles. The molecule has 7 nitrogen and oxygen atoms in total. The fourth-order valence-electron chi connectivity index (χ4n) is 2.91. The van der Waals surface area contributed by atoms with E-state index in [-0.39, 0.29) is 21.5 Å². The monoisotopic (exact) mass is 508 g/mol. The zero-order valence-corrected chi connectivity index (χ0v) is 20.2. The summed E-state index contributed by atoms with van der Waals surface area (Å²) in [6, 6.07) is 17.2. The standard InChI is InChI=1S/C23H22Cl2N2O5S/c1-3-20(32-22-7-5-4-6-21(22)31-2)23(28)26-16-9-11-17(12-10-16)33(29,30)27-19-13-8-15(24)14-18(19)25/h4-14,20,27H,3H2,1-2H3,(H,26,28)/t20-/m1/s1. The van der Waals surface area contributed by atoms with Crippen LogP contribution in [-0.2, 0) is 14.8 Å². The number of carbonyl (C=O) groups is 1. The number of amides is 1. The predicted octanol–water partition coefficient (Wildman–Crippen LogP) is 5.60. The summed E-state index contributed by atoms with van der Waals surface area (Å²) in [7, 11) is -2.37. The lowest BCUT2D eigenvalue weighted by Gasteiger charge is -2.19. The number of anilines is 2. The van der Waals surface area contributed by atoms with Crippen LogP contribution in [-0.4, -0.2) is 27.5 Å². The highest BCUT2D eigenvalue weighted by atomic mass is 35.5. The lowest BCUT2D eigenvalue weighted by atomic mass is 10.2. The van der Waals surface area contributed by atoms with Gasteiger partial charge in [0.2, 0.25) is 0 Å². The van der Waals surface area contributed by atoms with Crippen molar-refractivity contribution in [3.05, 3.63) is 76.8 Å². The van der Waals surface area contributed by atoms with Crippen molar-refractivity contribution in [2.75, 3.05) is 17.1 Å². The van der Waals surface area contributed by atoms with Gasteiger partial charge in [-0.25, -0.2) is 8.42 Å². The molecule has 0 aliphatic rings. The summed E-state index contributed by atoms with van der Waals surface area (Å²) in [5.74, 6) is 0.604. The number of sulfonamides is 1. The van der Waals surface area contributed by atoms with Crippen LogP contribution in [0.1, 0.15) is 13.3 Å². The van der Waals surface area contributed by atoms with E-state index in [2.05, 4.69) is 10.0 Å². The van der Waals surface area contributed by atoms with Gasteiger partial charge in [0.05, 0.1) is 22.7 Å². The van der Waals surface area contributed by atoms with Crippen molar-refractivity contribution in [3.63, 3.8) is 0 Å². The number of halogens is 2. The smallest absolute Gasteiger partial charge is 0.265 e. The van der Waals surface area contributed by atoms with Crippen LogP contribution in [0.4, 0.5) is 11.4 Å². The van der Waals surface area contributed by atoms with Crippen molar-refractivity contribution in [1.82, 2.24) is 0 Å². The molecule has 3 aromatic rings. The second-order valence-corrected chi connectivity index (χ2v) is 9.43. The molecule has 0 radical (unpaired) electrons.